The molecule has 0 N–H and O–H groups in total. The van der Waals surface area contributed by atoms with E-state index in [2.05, 4.69) is 20.9 Å². The van der Waals surface area contributed by atoms with E-state index in [1.165, 1.54) is 5.56 Å². The monoisotopic (exact) mass is 299 g/mol. The highest BCUT2D eigenvalue weighted by atomic mass is 79.9. The molecule has 2 rings (SSSR count). The molecule has 0 saturated carbocycles. The molecule has 0 radical (unpaired) electrons. The van der Waals surface area contributed by atoms with Gasteiger partial charge in [-0.1, -0.05) is 28.1 Å². The molecule has 0 fully saturated rings. The van der Waals surface area contributed by atoms with E-state index >= 15 is 0 Å². The number of oxazole rings is 1. The summed E-state index contributed by atoms with van der Waals surface area (Å²) >= 11 is 9.39. The van der Waals surface area contributed by atoms with E-state index in [-0.39, 0.29) is 5.38 Å². The molecule has 0 spiro atoms. The first kappa shape index (κ1) is 11.7. The van der Waals surface area contributed by atoms with E-state index in [4.69, 9.17) is 16.0 Å². The van der Waals surface area contributed by atoms with Crippen LogP contribution < -0.4 is 0 Å². The van der Waals surface area contributed by atoms with Crippen LogP contribution in [0.25, 0.3) is 11.3 Å². The molecule has 0 saturated heterocycles. The molecular formula is C12H11BrClNO. The van der Waals surface area contributed by atoms with Crippen molar-refractivity contribution < 1.29 is 4.42 Å². The molecule has 2 aromatic rings. The Bertz CT molecular complexity index is 507. The molecule has 2 nitrogen and oxygen atoms in total. The quantitative estimate of drug-likeness (QED) is 0.751. The van der Waals surface area contributed by atoms with Crippen LogP contribution in [0.1, 0.15) is 23.8 Å². The van der Waals surface area contributed by atoms with Crippen LogP contribution in [0.2, 0.25) is 0 Å². The predicted octanol–water partition coefficient (Wildman–Crippen LogP) is 4.71. The maximum absolute atomic E-state index is 5.89. The topological polar surface area (TPSA) is 26.0 Å². The molecule has 1 aromatic heterocycles. The summed E-state index contributed by atoms with van der Waals surface area (Å²) in [5.74, 6) is 1.29. The number of alkyl halides is 1. The van der Waals surface area contributed by atoms with E-state index in [9.17, 15) is 0 Å². The van der Waals surface area contributed by atoms with Gasteiger partial charge in [-0.05, 0) is 25.5 Å². The minimum Gasteiger partial charge on any atom is -0.439 e. The zero-order chi connectivity index (χ0) is 11.7. The molecule has 0 aliphatic rings. The minimum absolute atomic E-state index is 0.206. The molecule has 1 unspecified atom stereocenters. The molecule has 1 aromatic carbocycles. The van der Waals surface area contributed by atoms with Gasteiger partial charge in [0.15, 0.2) is 5.76 Å². The molecule has 0 aliphatic carbocycles. The van der Waals surface area contributed by atoms with Crippen molar-refractivity contribution in [3.8, 4) is 11.3 Å². The number of halogens is 2. The number of rotatable bonds is 2. The third-order valence-electron chi connectivity index (χ3n) is 2.32. The van der Waals surface area contributed by atoms with Crippen molar-refractivity contribution in [1.82, 2.24) is 4.98 Å². The summed E-state index contributed by atoms with van der Waals surface area (Å²) in [6, 6.07) is 6.05. The van der Waals surface area contributed by atoms with Gasteiger partial charge in [0.05, 0.1) is 6.20 Å². The van der Waals surface area contributed by atoms with Crippen molar-refractivity contribution in [2.45, 2.75) is 19.2 Å². The summed E-state index contributed by atoms with van der Waals surface area (Å²) in [5.41, 5.74) is 2.18. The first-order chi connectivity index (χ1) is 7.58. The molecular weight excluding hydrogens is 289 g/mol. The van der Waals surface area contributed by atoms with Gasteiger partial charge in [0, 0.05) is 10.0 Å². The van der Waals surface area contributed by atoms with Crippen molar-refractivity contribution in [2.75, 3.05) is 0 Å². The van der Waals surface area contributed by atoms with Crippen LogP contribution in [-0.4, -0.2) is 4.98 Å². The molecule has 84 valence electrons. The van der Waals surface area contributed by atoms with Crippen LogP contribution in [0.3, 0.4) is 0 Å². The van der Waals surface area contributed by atoms with Crippen molar-refractivity contribution in [3.05, 3.63) is 40.3 Å². The first-order valence-corrected chi connectivity index (χ1v) is 6.17. The number of aromatic nitrogens is 1. The molecule has 0 amide bonds. The molecule has 0 aliphatic heterocycles. The average Bonchev–Trinajstić information content (AvgIpc) is 2.71. The van der Waals surface area contributed by atoms with Crippen LogP contribution >= 0.6 is 27.5 Å². The summed E-state index contributed by atoms with van der Waals surface area (Å²) in [6.07, 6.45) is 1.70. The third-order valence-corrected chi connectivity index (χ3v) is 3.36. The Balaban J connectivity index is 2.39. The largest absolute Gasteiger partial charge is 0.439 e. The molecule has 16 heavy (non-hydrogen) atoms. The van der Waals surface area contributed by atoms with Gasteiger partial charge in [0.1, 0.15) is 5.38 Å². The fourth-order valence-corrected chi connectivity index (χ4v) is 1.83. The Morgan fingerprint density at radius 3 is 2.75 bits per heavy atom. The number of aryl methyl sites for hydroxylation is 1. The molecule has 0 bridgehead atoms. The van der Waals surface area contributed by atoms with Gasteiger partial charge in [-0.15, -0.1) is 11.6 Å². The Hall–Kier alpha value is -0.800. The summed E-state index contributed by atoms with van der Waals surface area (Å²) in [7, 11) is 0. The summed E-state index contributed by atoms with van der Waals surface area (Å²) < 4.78 is 6.62. The van der Waals surface area contributed by atoms with Gasteiger partial charge >= 0.3 is 0 Å². The van der Waals surface area contributed by atoms with Crippen LogP contribution in [-0.2, 0) is 0 Å². The van der Waals surface area contributed by atoms with Gasteiger partial charge in [-0.3, -0.25) is 0 Å². The lowest BCUT2D eigenvalue weighted by Gasteiger charge is -2.01. The predicted molar refractivity (Wildman–Crippen MR) is 68.6 cm³/mol. The van der Waals surface area contributed by atoms with E-state index in [1.807, 2.05) is 32.0 Å². The standard InChI is InChI=1S/C12H11BrClNO/c1-7-3-4-9(5-10(7)13)11-6-15-12(16-11)8(2)14/h3-6,8H,1-2H3. The maximum Gasteiger partial charge on any atom is 0.212 e. The van der Waals surface area contributed by atoms with E-state index in [0.717, 1.165) is 15.8 Å². The van der Waals surface area contributed by atoms with Crippen LogP contribution in [0, 0.1) is 6.92 Å². The van der Waals surface area contributed by atoms with Crippen molar-refractivity contribution >= 4 is 27.5 Å². The fourth-order valence-electron chi connectivity index (χ4n) is 1.35. The molecule has 1 heterocycles. The van der Waals surface area contributed by atoms with Crippen LogP contribution in [0.5, 0.6) is 0 Å². The number of hydrogen-bond acceptors (Lipinski definition) is 2. The first-order valence-electron chi connectivity index (χ1n) is 4.94. The number of benzene rings is 1. The molecule has 1 atom stereocenters. The second-order valence-electron chi connectivity index (χ2n) is 3.64. The summed E-state index contributed by atoms with van der Waals surface area (Å²) in [4.78, 5) is 4.13. The smallest absolute Gasteiger partial charge is 0.212 e. The second kappa shape index (κ2) is 4.60. The van der Waals surface area contributed by atoms with Gasteiger partial charge in [-0.2, -0.15) is 0 Å². The van der Waals surface area contributed by atoms with Gasteiger partial charge in [0.25, 0.3) is 0 Å². The SMILES string of the molecule is Cc1ccc(-c2cnc(C(C)Cl)o2)cc1Br. The van der Waals surface area contributed by atoms with Crippen molar-refractivity contribution in [1.29, 1.82) is 0 Å². The normalized spacial score (nSPS) is 12.8. The summed E-state index contributed by atoms with van der Waals surface area (Å²) in [5, 5.41) is -0.206. The Labute approximate surface area is 108 Å². The van der Waals surface area contributed by atoms with E-state index in [0.29, 0.717) is 5.89 Å². The highest BCUT2D eigenvalue weighted by Gasteiger charge is 2.11. The third kappa shape index (κ3) is 2.30. The fraction of sp³-hybridized carbons (Fsp3) is 0.250. The highest BCUT2D eigenvalue weighted by Crippen LogP contribution is 2.28. The average molecular weight is 301 g/mol. The highest BCUT2D eigenvalue weighted by molar-refractivity contribution is 9.10. The van der Waals surface area contributed by atoms with E-state index in [1.54, 1.807) is 6.20 Å². The van der Waals surface area contributed by atoms with Crippen molar-refractivity contribution in [3.63, 3.8) is 0 Å². The van der Waals surface area contributed by atoms with Crippen LogP contribution in [0.4, 0.5) is 0 Å². The lowest BCUT2D eigenvalue weighted by atomic mass is 10.1. The maximum atomic E-state index is 5.89. The van der Waals surface area contributed by atoms with Crippen LogP contribution in [0.15, 0.2) is 33.3 Å². The zero-order valence-corrected chi connectivity index (χ0v) is 11.3. The second-order valence-corrected chi connectivity index (χ2v) is 5.15. The number of nitrogens with zero attached hydrogens (tertiary/aromatic N) is 1. The Kier molecular flexibility index (Phi) is 3.36. The van der Waals surface area contributed by atoms with Crippen molar-refractivity contribution in [2.24, 2.45) is 0 Å². The molecule has 4 heteroatoms. The van der Waals surface area contributed by atoms with Gasteiger partial charge in [0.2, 0.25) is 5.89 Å². The summed E-state index contributed by atoms with van der Waals surface area (Å²) in [6.45, 7) is 3.88. The minimum atomic E-state index is -0.206. The van der Waals surface area contributed by atoms with E-state index < -0.39 is 0 Å². The zero-order valence-electron chi connectivity index (χ0n) is 9.00. The Morgan fingerprint density at radius 2 is 2.19 bits per heavy atom. The van der Waals surface area contributed by atoms with Gasteiger partial charge < -0.3 is 4.42 Å². The van der Waals surface area contributed by atoms with Gasteiger partial charge in [-0.25, -0.2) is 4.98 Å². The Morgan fingerprint density at radius 1 is 1.44 bits per heavy atom. The lowest BCUT2D eigenvalue weighted by molar-refractivity contribution is 0.508. The lowest BCUT2D eigenvalue weighted by Crippen LogP contribution is -1.81. The number of hydrogen-bond donors (Lipinski definition) is 0.